The first-order chi connectivity index (χ1) is 8.13. The molecule has 0 spiro atoms. The molecule has 4 heteroatoms. The number of hydrogen-bond acceptors (Lipinski definition) is 4. The highest BCUT2D eigenvalue weighted by molar-refractivity contribution is 7.16. The quantitative estimate of drug-likeness (QED) is 0.824. The van der Waals surface area contributed by atoms with Crippen molar-refractivity contribution in [2.45, 2.75) is 52.0 Å². The molecular formula is C13H20N2OS. The van der Waals surface area contributed by atoms with E-state index in [9.17, 15) is 4.79 Å². The summed E-state index contributed by atoms with van der Waals surface area (Å²) in [6.45, 7) is 4.41. The maximum absolute atomic E-state index is 11.7. The van der Waals surface area contributed by atoms with Crippen molar-refractivity contribution in [2.75, 3.05) is 11.9 Å². The fourth-order valence-corrected chi connectivity index (χ4v) is 3.39. The topological polar surface area (TPSA) is 33.2 Å². The van der Waals surface area contributed by atoms with E-state index in [1.165, 1.54) is 11.3 Å². The summed E-state index contributed by atoms with van der Waals surface area (Å²) in [4.78, 5) is 19.7. The number of carbonyl (C=O) groups is 1. The summed E-state index contributed by atoms with van der Waals surface area (Å²) < 4.78 is 0. The third kappa shape index (κ3) is 2.51. The van der Waals surface area contributed by atoms with Crippen LogP contribution in [0, 0.1) is 0 Å². The molecule has 1 heterocycles. The molecule has 0 amide bonds. The summed E-state index contributed by atoms with van der Waals surface area (Å²) in [5.74, 6) is 0.227. The molecule has 0 radical (unpaired) electrons. The van der Waals surface area contributed by atoms with E-state index in [4.69, 9.17) is 0 Å². The van der Waals surface area contributed by atoms with Gasteiger partial charge in [-0.25, -0.2) is 4.98 Å². The van der Waals surface area contributed by atoms with Crippen LogP contribution in [-0.4, -0.2) is 23.9 Å². The average Bonchev–Trinajstić information content (AvgIpc) is 2.73. The largest absolute Gasteiger partial charge is 0.348 e. The highest BCUT2D eigenvalue weighted by Gasteiger charge is 2.24. The molecule has 3 nitrogen and oxygen atoms in total. The van der Waals surface area contributed by atoms with Gasteiger partial charge in [-0.15, -0.1) is 11.3 Å². The first kappa shape index (κ1) is 12.6. The van der Waals surface area contributed by atoms with Gasteiger partial charge in [-0.1, -0.05) is 13.3 Å². The molecule has 1 aromatic rings. The molecule has 0 saturated carbocycles. The lowest BCUT2D eigenvalue weighted by molar-refractivity contribution is 0.0968. The summed E-state index contributed by atoms with van der Waals surface area (Å²) in [5.41, 5.74) is 0.742. The molecule has 0 N–H and O–H groups in total. The van der Waals surface area contributed by atoms with Crippen molar-refractivity contribution in [1.82, 2.24) is 4.98 Å². The molecular weight excluding hydrogens is 232 g/mol. The van der Waals surface area contributed by atoms with Crippen LogP contribution in [0.15, 0.2) is 0 Å². The van der Waals surface area contributed by atoms with Crippen LogP contribution in [0.3, 0.4) is 0 Å². The second-order valence-electron chi connectivity index (χ2n) is 4.79. The van der Waals surface area contributed by atoms with E-state index in [1.54, 1.807) is 11.3 Å². The molecule has 0 saturated heterocycles. The summed E-state index contributed by atoms with van der Waals surface area (Å²) in [6, 6.07) is 0.489. The molecule has 17 heavy (non-hydrogen) atoms. The Kier molecular flexibility index (Phi) is 3.82. The zero-order valence-electron chi connectivity index (χ0n) is 10.8. The zero-order chi connectivity index (χ0) is 12.4. The Hall–Kier alpha value is -0.900. The Balaban J connectivity index is 2.19. The van der Waals surface area contributed by atoms with Gasteiger partial charge in [-0.05, 0) is 26.2 Å². The fourth-order valence-electron chi connectivity index (χ4n) is 2.21. The lowest BCUT2D eigenvalue weighted by Gasteiger charge is -2.23. The van der Waals surface area contributed by atoms with Gasteiger partial charge in [0.05, 0.1) is 0 Å². The number of Topliss-reactive ketones (excluding diaryl/α,β-unsaturated/α-hetero) is 1. The Morgan fingerprint density at radius 2 is 2.24 bits per heavy atom. The van der Waals surface area contributed by atoms with Gasteiger partial charge in [-0.3, -0.25) is 4.79 Å². The molecule has 1 aliphatic rings. The number of aryl methyl sites for hydroxylation is 1. The van der Waals surface area contributed by atoms with Crippen LogP contribution in [0.5, 0.6) is 0 Å². The molecule has 1 aliphatic carbocycles. The van der Waals surface area contributed by atoms with Gasteiger partial charge in [0.25, 0.3) is 0 Å². The van der Waals surface area contributed by atoms with Crippen molar-refractivity contribution >= 4 is 22.3 Å². The van der Waals surface area contributed by atoms with Crippen molar-refractivity contribution in [3.05, 3.63) is 10.6 Å². The number of hydrogen-bond donors (Lipinski definition) is 0. The molecule has 0 aromatic carbocycles. The van der Waals surface area contributed by atoms with E-state index in [0.29, 0.717) is 12.5 Å². The van der Waals surface area contributed by atoms with Gasteiger partial charge in [0, 0.05) is 24.4 Å². The number of carbonyl (C=O) groups excluding carboxylic acids is 1. The first-order valence-corrected chi connectivity index (χ1v) is 7.20. The SMILES string of the molecule is CCCC(C)N(C)c1nc2c(s1)CCCC2=O. The summed E-state index contributed by atoms with van der Waals surface area (Å²) in [5, 5.41) is 1.01. The molecule has 0 bridgehead atoms. The number of fused-ring (bicyclic) bond motifs is 1. The van der Waals surface area contributed by atoms with E-state index in [1.807, 2.05) is 0 Å². The third-order valence-corrected chi connectivity index (χ3v) is 4.63. The number of ketones is 1. The minimum Gasteiger partial charge on any atom is -0.348 e. The van der Waals surface area contributed by atoms with Gasteiger partial charge in [-0.2, -0.15) is 0 Å². The second-order valence-corrected chi connectivity index (χ2v) is 5.86. The maximum Gasteiger partial charge on any atom is 0.186 e. The Bertz CT molecular complexity index is 414. The highest BCUT2D eigenvalue weighted by Crippen LogP contribution is 2.32. The molecule has 94 valence electrons. The lowest BCUT2D eigenvalue weighted by atomic mass is 10.0. The van der Waals surface area contributed by atoms with Crippen LogP contribution in [-0.2, 0) is 6.42 Å². The third-order valence-electron chi connectivity index (χ3n) is 3.43. The van der Waals surface area contributed by atoms with Gasteiger partial charge in [0.2, 0.25) is 0 Å². The predicted octanol–water partition coefficient (Wildman–Crippen LogP) is 3.29. The number of aromatic nitrogens is 1. The van der Waals surface area contributed by atoms with Crippen LogP contribution in [0.25, 0.3) is 0 Å². The van der Waals surface area contributed by atoms with Gasteiger partial charge in [0.1, 0.15) is 5.69 Å². The van der Waals surface area contributed by atoms with Gasteiger partial charge >= 0.3 is 0 Å². The van der Waals surface area contributed by atoms with Crippen LogP contribution in [0.2, 0.25) is 0 Å². The predicted molar refractivity (Wildman–Crippen MR) is 72.2 cm³/mol. The highest BCUT2D eigenvalue weighted by atomic mass is 32.1. The molecule has 0 aliphatic heterocycles. The Morgan fingerprint density at radius 3 is 2.88 bits per heavy atom. The van der Waals surface area contributed by atoms with E-state index < -0.39 is 0 Å². The minimum atomic E-state index is 0.227. The summed E-state index contributed by atoms with van der Waals surface area (Å²) in [6.07, 6.45) is 5.02. The van der Waals surface area contributed by atoms with Crippen LogP contribution < -0.4 is 4.90 Å². The number of rotatable bonds is 4. The number of anilines is 1. The van der Waals surface area contributed by atoms with E-state index in [0.717, 1.165) is 30.1 Å². The van der Waals surface area contributed by atoms with E-state index in [2.05, 4.69) is 30.8 Å². The van der Waals surface area contributed by atoms with Crippen LogP contribution in [0.1, 0.15) is 54.9 Å². The van der Waals surface area contributed by atoms with E-state index in [-0.39, 0.29) is 5.78 Å². The Labute approximate surface area is 107 Å². The molecule has 1 aromatic heterocycles. The average molecular weight is 252 g/mol. The molecule has 1 unspecified atom stereocenters. The Morgan fingerprint density at radius 1 is 1.47 bits per heavy atom. The number of thiazole rings is 1. The van der Waals surface area contributed by atoms with Crippen LogP contribution >= 0.6 is 11.3 Å². The summed E-state index contributed by atoms with van der Waals surface area (Å²) in [7, 11) is 2.08. The number of nitrogens with zero attached hydrogens (tertiary/aromatic N) is 2. The zero-order valence-corrected chi connectivity index (χ0v) is 11.6. The van der Waals surface area contributed by atoms with Crippen molar-refractivity contribution in [2.24, 2.45) is 0 Å². The van der Waals surface area contributed by atoms with Gasteiger partial charge < -0.3 is 4.90 Å². The molecule has 0 fully saturated rings. The first-order valence-electron chi connectivity index (χ1n) is 6.39. The summed E-state index contributed by atoms with van der Waals surface area (Å²) >= 11 is 1.70. The van der Waals surface area contributed by atoms with Crippen molar-refractivity contribution in [3.63, 3.8) is 0 Å². The molecule has 2 rings (SSSR count). The van der Waals surface area contributed by atoms with Crippen molar-refractivity contribution < 1.29 is 4.79 Å². The van der Waals surface area contributed by atoms with Gasteiger partial charge in [0.15, 0.2) is 10.9 Å². The smallest absolute Gasteiger partial charge is 0.186 e. The maximum atomic E-state index is 11.7. The van der Waals surface area contributed by atoms with Crippen molar-refractivity contribution in [1.29, 1.82) is 0 Å². The molecule has 1 atom stereocenters. The fraction of sp³-hybridized carbons (Fsp3) is 0.692. The lowest BCUT2D eigenvalue weighted by Crippen LogP contribution is -2.28. The van der Waals surface area contributed by atoms with E-state index >= 15 is 0 Å². The second kappa shape index (κ2) is 5.17. The van der Waals surface area contributed by atoms with Crippen molar-refractivity contribution in [3.8, 4) is 0 Å². The van der Waals surface area contributed by atoms with Crippen LogP contribution in [0.4, 0.5) is 5.13 Å². The normalized spacial score (nSPS) is 16.8. The monoisotopic (exact) mass is 252 g/mol. The standard InChI is InChI=1S/C13H20N2OS/c1-4-6-9(2)15(3)13-14-12-10(16)7-5-8-11(12)17-13/h9H,4-8H2,1-3H3. The minimum absolute atomic E-state index is 0.227.